The van der Waals surface area contributed by atoms with Gasteiger partial charge in [0.25, 0.3) is 5.91 Å². The van der Waals surface area contributed by atoms with Crippen LogP contribution in [-0.2, 0) is 11.3 Å². The summed E-state index contributed by atoms with van der Waals surface area (Å²) in [6.07, 6.45) is 1.58. The number of rotatable bonds is 7. The molecule has 0 radical (unpaired) electrons. The van der Waals surface area contributed by atoms with Crippen LogP contribution in [0.1, 0.15) is 33.5 Å². The van der Waals surface area contributed by atoms with Crippen LogP contribution in [0.25, 0.3) is 11.3 Å². The quantitative estimate of drug-likeness (QED) is 0.236. The fourth-order valence-electron chi connectivity index (χ4n) is 5.28. The Morgan fingerprint density at radius 3 is 2.58 bits per heavy atom. The molecular formula is C31H28ClFN8O2. The molecule has 6 rings (SSSR count). The van der Waals surface area contributed by atoms with Gasteiger partial charge in [-0.05, 0) is 55.0 Å². The maximum atomic E-state index is 14.8. The number of hydrogen-bond donors (Lipinski definition) is 4. The minimum absolute atomic E-state index is 0.262. The average molecular weight is 599 g/mol. The zero-order valence-electron chi connectivity index (χ0n) is 22.9. The number of hydrogen-bond acceptors (Lipinski definition) is 8. The van der Waals surface area contributed by atoms with Crippen molar-refractivity contribution >= 4 is 40.8 Å². The molecule has 2 amide bonds. The highest BCUT2D eigenvalue weighted by Gasteiger charge is 2.30. The molecule has 4 aromatic rings. The standard InChI is InChI=1S/C31H28ClFN8O2/c32-20-7-10-22-24(13-20)27(23-3-1-2-4-25(23)33)36-14-19-15-37-31(39-26(19)22)38-21-8-5-17(6-9-21)29(43)40-30(35)41-12-11-18(16-41)28(34)42/h1-10,13,15,18,30H,11-12,14,16,35H2,(H2,34,42)(H,40,43)(H,37,38,39). The van der Waals surface area contributed by atoms with Gasteiger partial charge in [0.15, 0.2) is 0 Å². The SMILES string of the molecule is NC(=O)C1CCN(C(N)NC(=O)c2ccc(Nc3ncc4c(n3)-c3ccc(Cl)cc3C(c3ccccc3F)=NC4)cc2)C1. The molecule has 6 N–H and O–H groups in total. The molecule has 2 aliphatic rings. The van der Waals surface area contributed by atoms with Gasteiger partial charge in [0.05, 0.1) is 23.9 Å². The van der Waals surface area contributed by atoms with Crippen molar-refractivity contribution in [2.24, 2.45) is 22.4 Å². The molecule has 0 aliphatic carbocycles. The van der Waals surface area contributed by atoms with Gasteiger partial charge < -0.3 is 16.4 Å². The Bertz CT molecular complexity index is 1750. The first-order chi connectivity index (χ1) is 20.8. The molecule has 12 heteroatoms. The van der Waals surface area contributed by atoms with Crippen molar-refractivity contribution in [1.82, 2.24) is 20.2 Å². The summed E-state index contributed by atoms with van der Waals surface area (Å²) in [5.74, 6) is -1.01. The third-order valence-electron chi connectivity index (χ3n) is 7.59. The number of anilines is 2. The minimum atomic E-state index is -0.733. The number of likely N-dealkylation sites (tertiary alicyclic amines) is 1. The maximum absolute atomic E-state index is 14.8. The van der Waals surface area contributed by atoms with Gasteiger partial charge in [0, 0.05) is 57.8 Å². The van der Waals surface area contributed by atoms with E-state index in [1.54, 1.807) is 60.8 Å². The molecule has 43 heavy (non-hydrogen) atoms. The first-order valence-corrected chi connectivity index (χ1v) is 14.1. The molecular weight excluding hydrogens is 571 g/mol. The van der Waals surface area contributed by atoms with Crippen LogP contribution in [0.2, 0.25) is 5.02 Å². The predicted octanol–water partition coefficient (Wildman–Crippen LogP) is 3.81. The minimum Gasteiger partial charge on any atom is -0.369 e. The molecule has 218 valence electrons. The van der Waals surface area contributed by atoms with Crippen LogP contribution < -0.4 is 22.1 Å². The topological polar surface area (TPSA) is 152 Å². The lowest BCUT2D eigenvalue weighted by Gasteiger charge is -2.24. The molecule has 10 nitrogen and oxygen atoms in total. The molecule has 2 unspecified atom stereocenters. The van der Waals surface area contributed by atoms with E-state index < -0.39 is 6.29 Å². The van der Waals surface area contributed by atoms with Crippen molar-refractivity contribution in [3.8, 4) is 11.3 Å². The Hall–Kier alpha value is -4.71. The average Bonchev–Trinajstić information content (AvgIpc) is 3.45. The second-order valence-corrected chi connectivity index (χ2v) is 10.8. The molecule has 3 heterocycles. The lowest BCUT2D eigenvalue weighted by molar-refractivity contribution is -0.121. The van der Waals surface area contributed by atoms with E-state index in [-0.39, 0.29) is 30.1 Å². The van der Waals surface area contributed by atoms with E-state index >= 15 is 0 Å². The van der Waals surface area contributed by atoms with Gasteiger partial charge >= 0.3 is 0 Å². The number of carbonyl (C=O) groups excluding carboxylic acids is 2. The number of aliphatic imine (C=N–C) groups is 1. The molecule has 0 spiro atoms. The van der Waals surface area contributed by atoms with E-state index in [2.05, 4.69) is 15.6 Å². The van der Waals surface area contributed by atoms with E-state index in [1.807, 2.05) is 11.0 Å². The van der Waals surface area contributed by atoms with Crippen molar-refractivity contribution in [3.63, 3.8) is 0 Å². The van der Waals surface area contributed by atoms with Crippen molar-refractivity contribution in [2.75, 3.05) is 18.4 Å². The number of fused-ring (bicyclic) bond motifs is 3. The van der Waals surface area contributed by atoms with Crippen LogP contribution >= 0.6 is 11.6 Å². The summed E-state index contributed by atoms with van der Waals surface area (Å²) in [5, 5.41) is 6.44. The smallest absolute Gasteiger partial charge is 0.253 e. The first kappa shape index (κ1) is 28.4. The largest absolute Gasteiger partial charge is 0.369 e. The van der Waals surface area contributed by atoms with Crippen LogP contribution in [0.15, 0.2) is 77.9 Å². The second kappa shape index (κ2) is 11.9. The first-order valence-electron chi connectivity index (χ1n) is 13.7. The van der Waals surface area contributed by atoms with Crippen molar-refractivity contribution < 1.29 is 14.0 Å². The molecule has 2 atom stereocenters. The zero-order valence-corrected chi connectivity index (χ0v) is 23.7. The number of nitrogens with zero attached hydrogens (tertiary/aromatic N) is 4. The summed E-state index contributed by atoms with van der Waals surface area (Å²) in [7, 11) is 0. The highest BCUT2D eigenvalue weighted by Crippen LogP contribution is 2.34. The van der Waals surface area contributed by atoms with Crippen molar-refractivity contribution in [2.45, 2.75) is 19.3 Å². The van der Waals surface area contributed by atoms with Crippen LogP contribution in [0, 0.1) is 11.7 Å². The normalized spacial score (nSPS) is 16.8. The Kier molecular flexibility index (Phi) is 7.85. The van der Waals surface area contributed by atoms with Gasteiger partial charge in [-0.3, -0.25) is 25.2 Å². The molecule has 1 aromatic heterocycles. The fraction of sp³-hybridized carbons (Fsp3) is 0.194. The summed E-state index contributed by atoms with van der Waals surface area (Å²) >= 11 is 6.35. The lowest BCUT2D eigenvalue weighted by atomic mass is 9.95. The summed E-state index contributed by atoms with van der Waals surface area (Å²) in [5.41, 5.74) is 16.4. The van der Waals surface area contributed by atoms with E-state index in [1.165, 1.54) is 6.07 Å². The van der Waals surface area contributed by atoms with E-state index in [0.717, 1.165) is 11.1 Å². The number of aromatic nitrogens is 2. The van der Waals surface area contributed by atoms with Gasteiger partial charge in [-0.2, -0.15) is 0 Å². The second-order valence-electron chi connectivity index (χ2n) is 10.4. The number of amides is 2. The maximum Gasteiger partial charge on any atom is 0.253 e. The molecule has 0 saturated carbocycles. The van der Waals surface area contributed by atoms with Gasteiger partial charge in [0.1, 0.15) is 12.1 Å². The molecule has 2 aliphatic heterocycles. The molecule has 1 saturated heterocycles. The van der Waals surface area contributed by atoms with E-state index in [0.29, 0.717) is 64.3 Å². The Balaban J connectivity index is 1.19. The lowest BCUT2D eigenvalue weighted by Crippen LogP contribution is -2.53. The third-order valence-corrected chi connectivity index (χ3v) is 7.83. The Labute approximate surface area is 252 Å². The number of halogens is 2. The van der Waals surface area contributed by atoms with E-state index in [4.69, 9.17) is 33.0 Å². The number of nitrogens with two attached hydrogens (primary N) is 2. The zero-order chi connectivity index (χ0) is 30.1. The van der Waals surface area contributed by atoms with Gasteiger partial charge in [0.2, 0.25) is 11.9 Å². The van der Waals surface area contributed by atoms with Gasteiger partial charge in [-0.1, -0.05) is 29.8 Å². The third kappa shape index (κ3) is 5.96. The molecule has 1 fully saturated rings. The van der Waals surface area contributed by atoms with Crippen LogP contribution in [0.4, 0.5) is 16.0 Å². The summed E-state index contributed by atoms with van der Waals surface area (Å²) in [6, 6.07) is 18.7. The van der Waals surface area contributed by atoms with E-state index in [9.17, 15) is 14.0 Å². The van der Waals surface area contributed by atoms with Crippen LogP contribution in [0.3, 0.4) is 0 Å². The number of benzene rings is 3. The number of nitrogens with one attached hydrogen (secondary N) is 2. The Morgan fingerprint density at radius 2 is 1.84 bits per heavy atom. The molecule has 3 aromatic carbocycles. The predicted molar refractivity (Wildman–Crippen MR) is 162 cm³/mol. The fourth-order valence-corrected chi connectivity index (χ4v) is 5.45. The molecule has 0 bridgehead atoms. The van der Waals surface area contributed by atoms with Crippen molar-refractivity contribution in [3.05, 3.63) is 106 Å². The van der Waals surface area contributed by atoms with Gasteiger partial charge in [-0.15, -0.1) is 0 Å². The van der Waals surface area contributed by atoms with Crippen molar-refractivity contribution in [1.29, 1.82) is 0 Å². The summed E-state index contributed by atoms with van der Waals surface area (Å²) in [4.78, 5) is 40.0. The highest BCUT2D eigenvalue weighted by molar-refractivity contribution is 6.31. The number of primary amides is 1. The summed E-state index contributed by atoms with van der Waals surface area (Å²) < 4.78 is 14.8. The Morgan fingerprint density at radius 1 is 1.05 bits per heavy atom. The summed E-state index contributed by atoms with van der Waals surface area (Å²) in [6.45, 7) is 1.25. The number of carbonyl (C=O) groups is 2. The van der Waals surface area contributed by atoms with Crippen LogP contribution in [-0.4, -0.2) is 51.8 Å². The van der Waals surface area contributed by atoms with Gasteiger partial charge in [-0.25, -0.2) is 14.4 Å². The highest BCUT2D eigenvalue weighted by atomic mass is 35.5. The van der Waals surface area contributed by atoms with Crippen LogP contribution in [0.5, 0.6) is 0 Å². The monoisotopic (exact) mass is 598 g/mol.